The third-order valence-corrected chi connectivity index (χ3v) is 5.10. The normalized spacial score (nSPS) is 21.0. The summed E-state index contributed by atoms with van der Waals surface area (Å²) in [6.45, 7) is 5.52. The molecule has 144 valence electrons. The molecule has 6 nitrogen and oxygen atoms in total. The van der Waals surface area contributed by atoms with Crippen LogP contribution < -0.4 is 11.1 Å². The molecule has 2 heterocycles. The molecule has 0 aliphatic carbocycles. The van der Waals surface area contributed by atoms with Crippen molar-refractivity contribution in [2.75, 3.05) is 20.1 Å². The number of aromatic nitrogens is 1. The van der Waals surface area contributed by atoms with Gasteiger partial charge in [0.05, 0.1) is 0 Å². The largest absolute Gasteiger partial charge is 0.366 e. The number of rotatable bonds is 7. The number of nitrogens with two attached hydrogens (primary N) is 1. The topological polar surface area (TPSA) is 88.3 Å². The molecule has 7 heteroatoms. The number of amides is 2. The fourth-order valence-electron chi connectivity index (χ4n) is 3.64. The summed E-state index contributed by atoms with van der Waals surface area (Å²) in [5.74, 6) is -0.979. The number of nitrogens with one attached hydrogen (secondary N) is 1. The molecular formula is C19H29FN4O2. The molecule has 2 rings (SSSR count). The lowest BCUT2D eigenvalue weighted by molar-refractivity contribution is 0.0221. The van der Waals surface area contributed by atoms with Gasteiger partial charge < -0.3 is 11.1 Å². The first-order chi connectivity index (χ1) is 12.3. The molecule has 1 fully saturated rings. The smallest absolute Gasteiger partial charge is 0.269 e. The molecule has 1 aliphatic rings. The van der Waals surface area contributed by atoms with E-state index in [1.807, 2.05) is 0 Å². The third-order valence-electron chi connectivity index (χ3n) is 5.10. The average Bonchev–Trinajstić information content (AvgIpc) is 2.60. The molecule has 1 atom stereocenters. The van der Waals surface area contributed by atoms with Crippen LogP contribution in [0.3, 0.4) is 0 Å². The Morgan fingerprint density at radius 1 is 1.46 bits per heavy atom. The first kappa shape index (κ1) is 20.3. The van der Waals surface area contributed by atoms with E-state index in [0.717, 1.165) is 13.0 Å². The highest BCUT2D eigenvalue weighted by Gasteiger charge is 2.35. The lowest BCUT2D eigenvalue weighted by Gasteiger charge is -2.39. The zero-order valence-electron chi connectivity index (χ0n) is 15.8. The van der Waals surface area contributed by atoms with Gasteiger partial charge in [-0.2, -0.15) is 0 Å². The molecule has 1 unspecified atom stereocenters. The summed E-state index contributed by atoms with van der Waals surface area (Å²) in [6, 6.07) is 1.83. The quantitative estimate of drug-likeness (QED) is 0.775. The molecule has 0 saturated carbocycles. The van der Waals surface area contributed by atoms with Crippen molar-refractivity contribution in [2.45, 2.75) is 57.7 Å². The highest BCUT2D eigenvalue weighted by atomic mass is 19.1. The van der Waals surface area contributed by atoms with Crippen molar-refractivity contribution < 1.29 is 14.0 Å². The lowest BCUT2D eigenvalue weighted by atomic mass is 9.87. The van der Waals surface area contributed by atoms with Gasteiger partial charge in [0.2, 0.25) is 5.91 Å². The zero-order chi connectivity index (χ0) is 19.3. The van der Waals surface area contributed by atoms with E-state index < -0.39 is 11.6 Å². The van der Waals surface area contributed by atoms with E-state index >= 15 is 4.39 Å². The summed E-state index contributed by atoms with van der Waals surface area (Å²) < 4.78 is 15.2. The van der Waals surface area contributed by atoms with Gasteiger partial charge in [-0.05, 0) is 64.1 Å². The molecule has 0 aromatic carbocycles. The van der Waals surface area contributed by atoms with Crippen LogP contribution in [0.2, 0.25) is 0 Å². The van der Waals surface area contributed by atoms with Crippen LogP contribution >= 0.6 is 0 Å². The fraction of sp³-hybridized carbons (Fsp3) is 0.632. The van der Waals surface area contributed by atoms with Gasteiger partial charge in [-0.25, -0.2) is 4.39 Å². The van der Waals surface area contributed by atoms with E-state index in [9.17, 15) is 9.59 Å². The van der Waals surface area contributed by atoms with Crippen LogP contribution in [0.15, 0.2) is 12.3 Å². The predicted molar refractivity (Wildman–Crippen MR) is 98.9 cm³/mol. The van der Waals surface area contributed by atoms with Crippen LogP contribution in [-0.2, 0) is 6.42 Å². The molecule has 1 aliphatic heterocycles. The zero-order valence-corrected chi connectivity index (χ0v) is 15.8. The molecule has 0 spiro atoms. The van der Waals surface area contributed by atoms with Gasteiger partial charge in [0, 0.05) is 31.4 Å². The number of nitrogens with zero attached hydrogens (tertiary/aromatic N) is 2. The summed E-state index contributed by atoms with van der Waals surface area (Å²) in [5.41, 5.74) is 5.17. The van der Waals surface area contributed by atoms with Crippen molar-refractivity contribution in [2.24, 2.45) is 5.73 Å². The molecule has 0 bridgehead atoms. The van der Waals surface area contributed by atoms with E-state index in [1.54, 1.807) is 0 Å². The number of likely N-dealkylation sites (tertiary alicyclic amines) is 1. The van der Waals surface area contributed by atoms with Crippen LogP contribution in [0.25, 0.3) is 0 Å². The Morgan fingerprint density at radius 3 is 2.81 bits per heavy atom. The van der Waals surface area contributed by atoms with Crippen LogP contribution in [0.5, 0.6) is 0 Å². The minimum absolute atomic E-state index is 0.184. The number of carbonyl (C=O) groups is 2. The second-order valence-electron chi connectivity index (χ2n) is 7.30. The summed E-state index contributed by atoms with van der Waals surface area (Å²) in [5, 5.41) is 2.52. The molecule has 26 heavy (non-hydrogen) atoms. The number of pyridine rings is 1. The van der Waals surface area contributed by atoms with E-state index in [2.05, 4.69) is 29.0 Å². The molecule has 2 amide bonds. The van der Waals surface area contributed by atoms with Gasteiger partial charge in [0.1, 0.15) is 11.4 Å². The number of halogens is 1. The summed E-state index contributed by atoms with van der Waals surface area (Å²) in [7, 11) is 1.50. The number of carbonyl (C=O) groups excluding carboxylic acids is 2. The highest BCUT2D eigenvalue weighted by Crippen LogP contribution is 2.31. The van der Waals surface area contributed by atoms with Crippen LogP contribution in [0.1, 0.15) is 65.9 Å². The number of hydrogen-bond donors (Lipinski definition) is 2. The van der Waals surface area contributed by atoms with Crippen LogP contribution in [0.4, 0.5) is 4.39 Å². The predicted octanol–water partition coefficient (Wildman–Crippen LogP) is 2.08. The standard InChI is InChI=1S/C19H29FN4O2/c1-13(2)24-11-5-9-19(20,12-24)8-4-6-14-15(17(21)25)7-10-23-16(14)18(26)22-3/h7,10,13H,4-6,8-9,11-12H2,1-3H3,(H2,21,25)(H,22,26). The van der Waals surface area contributed by atoms with E-state index in [4.69, 9.17) is 5.73 Å². The van der Waals surface area contributed by atoms with Gasteiger partial charge in [0.25, 0.3) is 5.91 Å². The first-order valence-corrected chi connectivity index (χ1v) is 9.20. The monoisotopic (exact) mass is 364 g/mol. The number of alkyl halides is 1. The Balaban J connectivity index is 2.11. The Labute approximate surface area is 154 Å². The third kappa shape index (κ3) is 4.78. The molecular weight excluding hydrogens is 335 g/mol. The Morgan fingerprint density at radius 2 is 2.19 bits per heavy atom. The van der Waals surface area contributed by atoms with E-state index in [-0.39, 0.29) is 17.2 Å². The van der Waals surface area contributed by atoms with Gasteiger partial charge >= 0.3 is 0 Å². The summed E-state index contributed by atoms with van der Waals surface area (Å²) in [4.78, 5) is 30.0. The van der Waals surface area contributed by atoms with E-state index in [0.29, 0.717) is 43.8 Å². The maximum Gasteiger partial charge on any atom is 0.269 e. The fourth-order valence-corrected chi connectivity index (χ4v) is 3.64. The molecule has 1 aromatic rings. The van der Waals surface area contributed by atoms with E-state index in [1.165, 1.54) is 19.3 Å². The highest BCUT2D eigenvalue weighted by molar-refractivity contribution is 6.00. The number of primary amides is 1. The second-order valence-corrected chi connectivity index (χ2v) is 7.30. The van der Waals surface area contributed by atoms with Crippen molar-refractivity contribution in [3.8, 4) is 0 Å². The average molecular weight is 364 g/mol. The number of piperidine rings is 1. The molecule has 0 radical (unpaired) electrons. The minimum atomic E-state index is -1.23. The van der Waals surface area contributed by atoms with Crippen molar-refractivity contribution in [3.63, 3.8) is 0 Å². The van der Waals surface area contributed by atoms with Gasteiger partial charge in [-0.1, -0.05) is 0 Å². The maximum absolute atomic E-state index is 15.2. The van der Waals surface area contributed by atoms with Gasteiger partial charge in [-0.15, -0.1) is 0 Å². The van der Waals surface area contributed by atoms with Crippen molar-refractivity contribution in [3.05, 3.63) is 29.1 Å². The lowest BCUT2D eigenvalue weighted by Crippen LogP contribution is -2.48. The maximum atomic E-state index is 15.2. The Bertz CT molecular complexity index is 665. The van der Waals surface area contributed by atoms with Crippen molar-refractivity contribution >= 4 is 11.8 Å². The summed E-state index contributed by atoms with van der Waals surface area (Å²) >= 11 is 0. The minimum Gasteiger partial charge on any atom is -0.366 e. The second kappa shape index (κ2) is 8.58. The molecule has 3 N–H and O–H groups in total. The molecule has 1 aromatic heterocycles. The van der Waals surface area contributed by atoms with Crippen molar-refractivity contribution in [1.29, 1.82) is 0 Å². The Kier molecular flexibility index (Phi) is 6.69. The Hall–Kier alpha value is -2.02. The number of hydrogen-bond acceptors (Lipinski definition) is 4. The van der Waals surface area contributed by atoms with Crippen LogP contribution in [0, 0.1) is 0 Å². The van der Waals surface area contributed by atoms with Crippen molar-refractivity contribution in [1.82, 2.24) is 15.2 Å². The SMILES string of the molecule is CNC(=O)c1nccc(C(N)=O)c1CCCC1(F)CCCN(C(C)C)C1. The molecule has 1 saturated heterocycles. The van der Waals surface area contributed by atoms with Gasteiger partial charge in [-0.3, -0.25) is 19.5 Å². The van der Waals surface area contributed by atoms with Crippen LogP contribution in [-0.4, -0.2) is 53.5 Å². The van der Waals surface area contributed by atoms with Gasteiger partial charge in [0.15, 0.2) is 0 Å². The summed E-state index contributed by atoms with van der Waals surface area (Å²) in [6.07, 6.45) is 4.09. The first-order valence-electron chi connectivity index (χ1n) is 9.20.